The van der Waals surface area contributed by atoms with Gasteiger partial charge in [-0.15, -0.1) is 11.3 Å². The molecule has 0 aliphatic rings. The molecule has 0 spiro atoms. The summed E-state index contributed by atoms with van der Waals surface area (Å²) in [5.74, 6) is -0.0906. The second kappa shape index (κ2) is 7.07. The van der Waals surface area contributed by atoms with Gasteiger partial charge in [-0.05, 0) is 48.9 Å². The van der Waals surface area contributed by atoms with Crippen molar-refractivity contribution in [1.82, 2.24) is 15.1 Å². The molecule has 3 rings (SSSR count). The molecule has 0 fully saturated rings. The molecule has 1 N–H and O–H groups in total. The zero-order chi connectivity index (χ0) is 16.1. The number of thiophene rings is 1. The van der Waals surface area contributed by atoms with Gasteiger partial charge < -0.3 is 5.32 Å². The highest BCUT2D eigenvalue weighted by Gasteiger charge is 2.00. The van der Waals surface area contributed by atoms with Crippen LogP contribution in [0.5, 0.6) is 0 Å². The number of hydrogen-bond acceptors (Lipinski definition) is 3. The number of rotatable bonds is 5. The van der Waals surface area contributed by atoms with E-state index in [4.69, 9.17) is 0 Å². The molecule has 4 nitrogen and oxygen atoms in total. The van der Waals surface area contributed by atoms with Crippen LogP contribution >= 0.6 is 11.3 Å². The van der Waals surface area contributed by atoms with Gasteiger partial charge in [0.1, 0.15) is 0 Å². The van der Waals surface area contributed by atoms with E-state index in [1.165, 1.54) is 4.88 Å². The van der Waals surface area contributed by atoms with Gasteiger partial charge in [0.25, 0.3) is 0 Å². The van der Waals surface area contributed by atoms with Gasteiger partial charge in [-0.2, -0.15) is 5.10 Å². The molecule has 1 aromatic carbocycles. The van der Waals surface area contributed by atoms with Crippen molar-refractivity contribution in [3.8, 4) is 5.69 Å². The summed E-state index contributed by atoms with van der Waals surface area (Å²) in [6, 6.07) is 13.9. The molecule has 5 heteroatoms. The highest BCUT2D eigenvalue weighted by molar-refractivity contribution is 7.12. The van der Waals surface area contributed by atoms with Crippen molar-refractivity contribution in [2.45, 2.75) is 13.5 Å². The topological polar surface area (TPSA) is 46.9 Å². The summed E-state index contributed by atoms with van der Waals surface area (Å²) in [4.78, 5) is 14.2. The van der Waals surface area contributed by atoms with E-state index >= 15 is 0 Å². The Morgan fingerprint density at radius 2 is 2.09 bits per heavy atom. The number of hydrogen-bond donors (Lipinski definition) is 1. The fourth-order valence-electron chi connectivity index (χ4n) is 2.14. The van der Waals surface area contributed by atoms with E-state index in [-0.39, 0.29) is 5.91 Å². The highest BCUT2D eigenvalue weighted by atomic mass is 32.1. The van der Waals surface area contributed by atoms with Crippen molar-refractivity contribution >= 4 is 23.3 Å². The lowest BCUT2D eigenvalue weighted by atomic mass is 10.2. The predicted octanol–water partition coefficient (Wildman–Crippen LogP) is 3.57. The fourth-order valence-corrected chi connectivity index (χ4v) is 2.92. The Balaban J connectivity index is 1.53. The quantitative estimate of drug-likeness (QED) is 0.730. The number of aromatic nitrogens is 2. The number of carbonyl (C=O) groups excluding carboxylic acids is 1. The normalized spacial score (nSPS) is 11.0. The van der Waals surface area contributed by atoms with Gasteiger partial charge in [-0.3, -0.25) is 4.79 Å². The maximum atomic E-state index is 11.8. The van der Waals surface area contributed by atoms with Gasteiger partial charge in [0.2, 0.25) is 5.91 Å². The monoisotopic (exact) mass is 323 g/mol. The Kier molecular flexibility index (Phi) is 4.68. The smallest absolute Gasteiger partial charge is 0.244 e. The van der Waals surface area contributed by atoms with Crippen molar-refractivity contribution < 1.29 is 4.79 Å². The van der Waals surface area contributed by atoms with Gasteiger partial charge in [0.15, 0.2) is 0 Å². The van der Waals surface area contributed by atoms with Crippen LogP contribution in [0.25, 0.3) is 11.8 Å². The maximum Gasteiger partial charge on any atom is 0.244 e. The molecule has 2 aromatic heterocycles. The number of nitrogens with zero attached hydrogens (tertiary/aromatic N) is 2. The molecule has 0 saturated heterocycles. The fraction of sp³-hybridized carbons (Fsp3) is 0.111. The summed E-state index contributed by atoms with van der Waals surface area (Å²) < 4.78 is 1.80. The van der Waals surface area contributed by atoms with Gasteiger partial charge in [-0.1, -0.05) is 12.1 Å². The van der Waals surface area contributed by atoms with Gasteiger partial charge in [0, 0.05) is 34.8 Å². The third-order valence-corrected chi connectivity index (χ3v) is 4.30. The molecule has 1 amide bonds. The zero-order valence-electron chi connectivity index (χ0n) is 12.8. The molecule has 0 aliphatic heterocycles. The largest absolute Gasteiger partial charge is 0.348 e. The summed E-state index contributed by atoms with van der Waals surface area (Å²) in [6.07, 6.45) is 7.06. The molecule has 0 saturated carbocycles. The molecule has 0 aliphatic carbocycles. The van der Waals surface area contributed by atoms with E-state index in [2.05, 4.69) is 17.3 Å². The lowest BCUT2D eigenvalue weighted by Gasteiger charge is -2.05. The number of benzene rings is 1. The molecule has 0 unspecified atom stereocenters. The lowest BCUT2D eigenvalue weighted by molar-refractivity contribution is -0.116. The lowest BCUT2D eigenvalue weighted by Crippen LogP contribution is -2.20. The van der Waals surface area contributed by atoms with E-state index < -0.39 is 0 Å². The number of amides is 1. The number of nitrogens with one attached hydrogen (secondary N) is 1. The van der Waals surface area contributed by atoms with Crippen LogP contribution in [-0.2, 0) is 11.3 Å². The van der Waals surface area contributed by atoms with Crippen LogP contribution in [0, 0.1) is 6.92 Å². The molecule has 3 aromatic rings. The second-order valence-corrected chi connectivity index (χ2v) is 6.44. The Bertz CT molecular complexity index is 801. The third kappa shape index (κ3) is 4.17. The van der Waals surface area contributed by atoms with Crippen LogP contribution < -0.4 is 5.32 Å². The molecule has 0 radical (unpaired) electrons. The van der Waals surface area contributed by atoms with E-state index in [0.717, 1.165) is 16.1 Å². The van der Waals surface area contributed by atoms with E-state index in [1.807, 2.05) is 54.7 Å². The summed E-state index contributed by atoms with van der Waals surface area (Å²) in [7, 11) is 0. The van der Waals surface area contributed by atoms with Crippen molar-refractivity contribution in [1.29, 1.82) is 0 Å². The summed E-state index contributed by atoms with van der Waals surface area (Å²) in [5.41, 5.74) is 2.05. The molecular formula is C18H17N3OS. The van der Waals surface area contributed by atoms with Crippen LogP contribution in [-0.4, -0.2) is 15.7 Å². The third-order valence-electron chi connectivity index (χ3n) is 3.33. The molecule has 23 heavy (non-hydrogen) atoms. The number of aryl methyl sites for hydroxylation is 1. The average molecular weight is 323 g/mol. The van der Waals surface area contributed by atoms with E-state index in [1.54, 1.807) is 28.3 Å². The van der Waals surface area contributed by atoms with Crippen LogP contribution in [0.2, 0.25) is 0 Å². The minimum Gasteiger partial charge on any atom is -0.348 e. The first kappa shape index (κ1) is 15.2. The minimum absolute atomic E-state index is 0.0906. The summed E-state index contributed by atoms with van der Waals surface area (Å²) in [6.45, 7) is 2.56. The standard InChI is InChI=1S/C18H17N3OS/c1-14-3-8-17(23-14)9-10-18(22)19-13-15-4-6-16(7-5-15)21-12-2-11-20-21/h2-12H,13H2,1H3,(H,19,22)/b10-9+. The van der Waals surface area contributed by atoms with Crippen molar-refractivity contribution in [2.75, 3.05) is 0 Å². The highest BCUT2D eigenvalue weighted by Crippen LogP contribution is 2.16. The Morgan fingerprint density at radius 3 is 2.74 bits per heavy atom. The van der Waals surface area contributed by atoms with Crippen LogP contribution in [0.4, 0.5) is 0 Å². The molecule has 116 valence electrons. The predicted molar refractivity (Wildman–Crippen MR) is 93.5 cm³/mol. The summed E-state index contributed by atoms with van der Waals surface area (Å²) >= 11 is 1.67. The first-order valence-corrected chi connectivity index (χ1v) is 8.14. The molecule has 0 bridgehead atoms. The molecular weight excluding hydrogens is 306 g/mol. The first-order chi connectivity index (χ1) is 11.2. The van der Waals surface area contributed by atoms with Crippen LogP contribution in [0.1, 0.15) is 15.3 Å². The second-order valence-electron chi connectivity index (χ2n) is 5.12. The van der Waals surface area contributed by atoms with E-state index in [9.17, 15) is 4.79 Å². The van der Waals surface area contributed by atoms with Gasteiger partial charge in [0.05, 0.1) is 5.69 Å². The van der Waals surface area contributed by atoms with Gasteiger partial charge >= 0.3 is 0 Å². The van der Waals surface area contributed by atoms with Crippen LogP contribution in [0.3, 0.4) is 0 Å². The van der Waals surface area contributed by atoms with Crippen molar-refractivity contribution in [2.24, 2.45) is 0 Å². The maximum absolute atomic E-state index is 11.8. The van der Waals surface area contributed by atoms with Crippen LogP contribution in [0.15, 0.2) is 60.9 Å². The minimum atomic E-state index is -0.0906. The number of carbonyl (C=O) groups is 1. The van der Waals surface area contributed by atoms with Crippen molar-refractivity contribution in [3.63, 3.8) is 0 Å². The molecule has 0 atom stereocenters. The van der Waals surface area contributed by atoms with Gasteiger partial charge in [-0.25, -0.2) is 4.68 Å². The first-order valence-electron chi connectivity index (χ1n) is 7.32. The zero-order valence-corrected chi connectivity index (χ0v) is 13.6. The average Bonchev–Trinajstić information content (AvgIpc) is 3.23. The van der Waals surface area contributed by atoms with Crippen molar-refractivity contribution in [3.05, 3.63) is 76.3 Å². The summed E-state index contributed by atoms with van der Waals surface area (Å²) in [5, 5.41) is 7.07. The Hall–Kier alpha value is -2.66. The van der Waals surface area contributed by atoms with E-state index in [0.29, 0.717) is 6.54 Å². The Morgan fingerprint density at radius 1 is 1.26 bits per heavy atom. The Labute approximate surface area is 139 Å². The molecule has 2 heterocycles. The SMILES string of the molecule is Cc1ccc(/C=C/C(=O)NCc2ccc(-n3cccn3)cc2)s1.